The minimum Gasteiger partial charge on any atom is -0.347 e. The van der Waals surface area contributed by atoms with Crippen molar-refractivity contribution in [3.63, 3.8) is 0 Å². The second-order valence-electron chi connectivity index (χ2n) is 2.82. The van der Waals surface area contributed by atoms with Gasteiger partial charge < -0.3 is 4.43 Å². The first kappa shape index (κ1) is 16.9. The molecule has 0 fully saturated rings. The standard InChI is InChI=1S/C9H22O7Si/c1-5-9-13-17(14-10-6-2,15-11-7-3)16-12-8-4/h5-9H2,1-4H3. The van der Waals surface area contributed by atoms with Crippen LogP contribution >= 0.6 is 0 Å². The summed E-state index contributed by atoms with van der Waals surface area (Å²) in [5.74, 6) is 0. The van der Waals surface area contributed by atoms with Crippen molar-refractivity contribution in [3.05, 3.63) is 0 Å². The summed E-state index contributed by atoms with van der Waals surface area (Å²) in [7, 11) is -3.55. The fraction of sp³-hybridized carbons (Fsp3) is 1.00. The van der Waals surface area contributed by atoms with Crippen LogP contribution in [0.3, 0.4) is 0 Å². The molecule has 0 saturated heterocycles. The van der Waals surface area contributed by atoms with Crippen molar-refractivity contribution in [2.24, 2.45) is 0 Å². The van der Waals surface area contributed by atoms with Gasteiger partial charge in [0.2, 0.25) is 0 Å². The molecule has 17 heavy (non-hydrogen) atoms. The zero-order valence-corrected chi connectivity index (χ0v) is 11.9. The number of hydrogen-bond acceptors (Lipinski definition) is 7. The second kappa shape index (κ2) is 11.1. The van der Waals surface area contributed by atoms with Crippen molar-refractivity contribution in [1.82, 2.24) is 0 Å². The van der Waals surface area contributed by atoms with Crippen molar-refractivity contribution in [1.29, 1.82) is 0 Å². The molecule has 0 bridgehead atoms. The highest BCUT2D eigenvalue weighted by molar-refractivity contribution is 6.52. The Kier molecular flexibility index (Phi) is 11.0. The van der Waals surface area contributed by atoms with Gasteiger partial charge >= 0.3 is 9.05 Å². The van der Waals surface area contributed by atoms with Crippen LogP contribution in [0.1, 0.15) is 34.1 Å². The van der Waals surface area contributed by atoms with E-state index in [0.717, 1.165) is 6.42 Å². The van der Waals surface area contributed by atoms with Crippen LogP contribution in [0, 0.1) is 0 Å². The van der Waals surface area contributed by atoms with Gasteiger partial charge in [-0.3, -0.25) is 0 Å². The Labute approximate surface area is 103 Å². The zero-order chi connectivity index (χ0) is 13.0. The lowest BCUT2D eigenvalue weighted by Crippen LogP contribution is -2.49. The van der Waals surface area contributed by atoms with Gasteiger partial charge in [0.15, 0.2) is 0 Å². The average Bonchev–Trinajstić information content (AvgIpc) is 2.37. The monoisotopic (exact) mass is 270 g/mol. The van der Waals surface area contributed by atoms with Crippen LogP contribution in [0.25, 0.3) is 0 Å². The molecule has 0 spiro atoms. The molecule has 0 aromatic heterocycles. The highest BCUT2D eigenvalue weighted by Gasteiger charge is 2.52. The molecule has 0 atom stereocenters. The maximum atomic E-state index is 5.38. The number of hydrogen-bond donors (Lipinski definition) is 0. The van der Waals surface area contributed by atoms with E-state index in [-0.39, 0.29) is 0 Å². The van der Waals surface area contributed by atoms with E-state index in [0.29, 0.717) is 26.4 Å². The lowest BCUT2D eigenvalue weighted by atomic mass is 10.5. The topological polar surface area (TPSA) is 64.6 Å². The van der Waals surface area contributed by atoms with Gasteiger partial charge in [-0.25, -0.2) is 14.7 Å². The molecule has 0 N–H and O–H groups in total. The lowest BCUT2D eigenvalue weighted by Gasteiger charge is -2.23. The summed E-state index contributed by atoms with van der Waals surface area (Å²) in [5, 5.41) is 0. The Morgan fingerprint density at radius 1 is 0.706 bits per heavy atom. The molecule has 0 aliphatic heterocycles. The van der Waals surface area contributed by atoms with E-state index in [1.165, 1.54) is 0 Å². The van der Waals surface area contributed by atoms with E-state index in [9.17, 15) is 0 Å². The Bertz CT molecular complexity index is 132. The smallest absolute Gasteiger partial charge is 0.347 e. The Hall–Kier alpha value is -0.0631. The van der Waals surface area contributed by atoms with Gasteiger partial charge in [-0.2, -0.15) is 13.7 Å². The van der Waals surface area contributed by atoms with Gasteiger partial charge in [0.1, 0.15) is 0 Å². The van der Waals surface area contributed by atoms with Gasteiger partial charge in [0.05, 0.1) is 19.8 Å². The van der Waals surface area contributed by atoms with Crippen LogP contribution in [-0.2, 0) is 32.8 Å². The fourth-order valence-electron chi connectivity index (χ4n) is 0.734. The van der Waals surface area contributed by atoms with Gasteiger partial charge in [0, 0.05) is 6.61 Å². The van der Waals surface area contributed by atoms with Crippen molar-refractivity contribution < 1.29 is 32.8 Å². The van der Waals surface area contributed by atoms with E-state index in [4.69, 9.17) is 32.8 Å². The molecule has 0 aromatic rings. The minimum absolute atomic E-state index is 0.329. The maximum Gasteiger partial charge on any atom is 0.764 e. The highest BCUT2D eigenvalue weighted by Crippen LogP contribution is 2.14. The molecule has 0 aliphatic carbocycles. The molecule has 0 heterocycles. The van der Waals surface area contributed by atoms with Crippen LogP contribution in [0.4, 0.5) is 0 Å². The van der Waals surface area contributed by atoms with Crippen LogP contribution < -0.4 is 0 Å². The first-order chi connectivity index (χ1) is 8.24. The van der Waals surface area contributed by atoms with E-state index in [1.54, 1.807) is 20.8 Å². The van der Waals surface area contributed by atoms with Gasteiger partial charge in [-0.05, 0) is 27.2 Å². The summed E-state index contributed by atoms with van der Waals surface area (Å²) in [6.45, 7) is 8.61. The third-order valence-corrected chi connectivity index (χ3v) is 2.84. The predicted molar refractivity (Wildman–Crippen MR) is 60.1 cm³/mol. The van der Waals surface area contributed by atoms with Crippen molar-refractivity contribution in [2.45, 2.75) is 34.1 Å². The molecule has 0 amide bonds. The molecular formula is C9H22O7Si. The summed E-state index contributed by atoms with van der Waals surface area (Å²) in [4.78, 5) is 14.5. The van der Waals surface area contributed by atoms with Gasteiger partial charge in [-0.15, -0.1) is 0 Å². The second-order valence-corrected chi connectivity index (χ2v) is 4.61. The summed E-state index contributed by atoms with van der Waals surface area (Å²) in [6.07, 6.45) is 0.773. The maximum absolute atomic E-state index is 5.38. The molecule has 0 radical (unpaired) electrons. The average molecular weight is 270 g/mol. The van der Waals surface area contributed by atoms with Crippen LogP contribution in [0.15, 0.2) is 0 Å². The van der Waals surface area contributed by atoms with Crippen molar-refractivity contribution in [3.8, 4) is 0 Å². The van der Waals surface area contributed by atoms with Crippen molar-refractivity contribution >= 4 is 9.05 Å². The minimum atomic E-state index is -3.55. The summed E-state index contributed by atoms with van der Waals surface area (Å²) in [6, 6.07) is 0. The summed E-state index contributed by atoms with van der Waals surface area (Å²) in [5.41, 5.74) is 0. The zero-order valence-electron chi connectivity index (χ0n) is 10.9. The first-order valence-electron chi connectivity index (χ1n) is 5.80. The Morgan fingerprint density at radius 3 is 1.41 bits per heavy atom. The quantitative estimate of drug-likeness (QED) is 0.304. The van der Waals surface area contributed by atoms with E-state index in [2.05, 4.69) is 0 Å². The molecule has 7 nitrogen and oxygen atoms in total. The fourth-order valence-corrected chi connectivity index (χ4v) is 2.20. The predicted octanol–water partition coefficient (Wildman–Crippen LogP) is 1.75. The van der Waals surface area contributed by atoms with Gasteiger partial charge in [0.25, 0.3) is 0 Å². The first-order valence-corrected chi connectivity index (χ1v) is 7.43. The largest absolute Gasteiger partial charge is 0.764 e. The van der Waals surface area contributed by atoms with Crippen molar-refractivity contribution in [2.75, 3.05) is 26.4 Å². The SMILES string of the molecule is CCCO[Si](OOCC)(OOCC)OOCC. The Morgan fingerprint density at radius 2 is 1.12 bits per heavy atom. The molecule has 8 heteroatoms. The summed E-state index contributed by atoms with van der Waals surface area (Å²) >= 11 is 0. The lowest BCUT2D eigenvalue weighted by molar-refractivity contribution is -0.385. The molecule has 0 saturated carbocycles. The normalized spacial score (nSPS) is 12.0. The van der Waals surface area contributed by atoms with Gasteiger partial charge in [-0.1, -0.05) is 6.92 Å². The van der Waals surface area contributed by atoms with Crippen LogP contribution in [0.2, 0.25) is 0 Å². The van der Waals surface area contributed by atoms with Crippen LogP contribution in [-0.4, -0.2) is 35.5 Å². The molecule has 0 aliphatic rings. The molecular weight excluding hydrogens is 248 g/mol. The molecule has 104 valence electrons. The van der Waals surface area contributed by atoms with E-state index in [1.807, 2.05) is 6.92 Å². The Balaban J connectivity index is 4.39. The third kappa shape index (κ3) is 7.79. The van der Waals surface area contributed by atoms with E-state index >= 15 is 0 Å². The van der Waals surface area contributed by atoms with Crippen LogP contribution in [0.5, 0.6) is 0 Å². The molecule has 0 aromatic carbocycles. The molecule has 0 rings (SSSR count). The molecule has 0 unspecified atom stereocenters. The highest BCUT2D eigenvalue weighted by atomic mass is 28.4. The van der Waals surface area contributed by atoms with E-state index < -0.39 is 9.05 Å². The number of rotatable bonds is 12. The third-order valence-electron chi connectivity index (χ3n) is 1.32. The summed E-state index contributed by atoms with van der Waals surface area (Å²) < 4.78 is 20.4.